The lowest BCUT2D eigenvalue weighted by Gasteiger charge is -2.42. The second kappa shape index (κ2) is 7.44. The van der Waals surface area contributed by atoms with E-state index in [0.29, 0.717) is 11.6 Å². The summed E-state index contributed by atoms with van der Waals surface area (Å²) < 4.78 is 0. The summed E-state index contributed by atoms with van der Waals surface area (Å²) in [5.41, 5.74) is 2.31. The van der Waals surface area contributed by atoms with Crippen molar-refractivity contribution in [1.82, 2.24) is 20.2 Å². The first kappa shape index (κ1) is 18.2. The minimum Gasteiger partial charge on any atom is -0.480 e. The van der Waals surface area contributed by atoms with Crippen LogP contribution < -0.4 is 5.32 Å². The van der Waals surface area contributed by atoms with Gasteiger partial charge < -0.3 is 15.4 Å². The Morgan fingerprint density at radius 3 is 2.81 bits per heavy atom. The van der Waals surface area contributed by atoms with Gasteiger partial charge in [-0.3, -0.25) is 14.5 Å². The highest BCUT2D eigenvalue weighted by Gasteiger charge is 2.37. The van der Waals surface area contributed by atoms with Crippen LogP contribution in [-0.2, 0) is 4.79 Å². The van der Waals surface area contributed by atoms with Crippen LogP contribution in [0.5, 0.6) is 0 Å². The molecular weight excluding hydrogens is 364 g/mol. The Kier molecular flexibility index (Phi) is 5.01. The molecule has 0 unspecified atom stereocenters. The lowest BCUT2D eigenvalue weighted by atomic mass is 9.85. The first-order valence-electron chi connectivity index (χ1n) is 9.35. The monoisotopic (exact) mass is 388 g/mol. The van der Waals surface area contributed by atoms with Crippen molar-refractivity contribution in [2.75, 3.05) is 13.1 Å². The molecule has 0 spiro atoms. The van der Waals surface area contributed by atoms with Gasteiger partial charge in [0.2, 0.25) is 0 Å². The number of carbonyl (C=O) groups excluding carboxylic acids is 1. The number of nitrogens with one attached hydrogen (secondary N) is 2. The molecule has 0 radical (unpaired) electrons. The lowest BCUT2D eigenvalue weighted by molar-refractivity contribution is -0.139. The van der Waals surface area contributed by atoms with Crippen molar-refractivity contribution >= 4 is 23.2 Å². The molecule has 2 aliphatic carbocycles. The molecule has 8 heteroatoms. The van der Waals surface area contributed by atoms with Crippen LogP contribution >= 0.6 is 11.3 Å². The first-order valence-corrected chi connectivity index (χ1v) is 10.2. The van der Waals surface area contributed by atoms with Crippen LogP contribution in [0.15, 0.2) is 17.6 Å². The van der Waals surface area contributed by atoms with Gasteiger partial charge in [0.1, 0.15) is 5.69 Å². The smallest absolute Gasteiger partial charge is 0.317 e. The van der Waals surface area contributed by atoms with Crippen molar-refractivity contribution in [3.63, 3.8) is 0 Å². The number of carbonyl (C=O) groups is 2. The number of aryl methyl sites for hydroxylation is 1. The Hall–Kier alpha value is -2.19. The summed E-state index contributed by atoms with van der Waals surface area (Å²) in [6.45, 7) is 2.91. The van der Waals surface area contributed by atoms with Crippen molar-refractivity contribution in [3.8, 4) is 11.3 Å². The number of aliphatic carboxylic acids is 1. The summed E-state index contributed by atoms with van der Waals surface area (Å²) in [5, 5.41) is 15.1. The molecule has 3 N–H and O–H groups in total. The van der Waals surface area contributed by atoms with Crippen LogP contribution in [0.4, 0.5) is 0 Å². The molecule has 2 fully saturated rings. The van der Waals surface area contributed by atoms with Gasteiger partial charge in [-0.15, -0.1) is 11.3 Å². The largest absolute Gasteiger partial charge is 0.480 e. The summed E-state index contributed by atoms with van der Waals surface area (Å²) in [5.74, 6) is -0.243. The van der Waals surface area contributed by atoms with E-state index in [1.807, 2.05) is 18.4 Å². The number of nitrogens with zero attached hydrogens (tertiary/aromatic N) is 2. The molecule has 2 aromatic rings. The number of aromatic amines is 1. The maximum atomic E-state index is 12.5. The molecule has 144 valence electrons. The molecule has 2 aromatic heterocycles. The van der Waals surface area contributed by atoms with Crippen molar-refractivity contribution in [1.29, 1.82) is 0 Å². The van der Waals surface area contributed by atoms with Gasteiger partial charge in [0, 0.05) is 35.8 Å². The number of carboxylic acid groups (broad SMARTS) is 1. The number of hydrogen-bond acceptors (Lipinski definition) is 5. The number of H-pyrrole nitrogens is 1. The highest BCUT2D eigenvalue weighted by atomic mass is 32.1. The molecule has 0 saturated heterocycles. The Balaban J connectivity index is 1.29. The summed E-state index contributed by atoms with van der Waals surface area (Å²) >= 11 is 1.58. The van der Waals surface area contributed by atoms with Crippen molar-refractivity contribution in [2.45, 2.75) is 44.7 Å². The van der Waals surface area contributed by atoms with Crippen LogP contribution in [0.1, 0.15) is 41.2 Å². The predicted octanol–water partition coefficient (Wildman–Crippen LogP) is 2.50. The number of hydrogen-bond donors (Lipinski definition) is 3. The third-order valence-electron chi connectivity index (χ3n) is 5.34. The number of rotatable bonds is 8. The van der Waals surface area contributed by atoms with Gasteiger partial charge in [-0.2, -0.15) is 0 Å². The highest BCUT2D eigenvalue weighted by molar-refractivity contribution is 7.09. The minimum atomic E-state index is -0.778. The number of thiazole rings is 1. The fourth-order valence-corrected chi connectivity index (χ4v) is 4.21. The summed E-state index contributed by atoms with van der Waals surface area (Å²) in [7, 11) is 0. The molecular formula is C19H24N4O3S. The number of carboxylic acids is 1. The van der Waals surface area contributed by atoms with Gasteiger partial charge >= 0.3 is 5.97 Å². The number of amides is 1. The maximum absolute atomic E-state index is 12.5. The zero-order chi connectivity index (χ0) is 19.0. The molecule has 2 saturated carbocycles. The first-order chi connectivity index (χ1) is 13.0. The summed E-state index contributed by atoms with van der Waals surface area (Å²) in [4.78, 5) is 33.1. The fourth-order valence-electron chi connectivity index (χ4n) is 3.58. The Morgan fingerprint density at radius 1 is 1.41 bits per heavy atom. The molecule has 2 heterocycles. The molecule has 4 rings (SSSR count). The van der Waals surface area contributed by atoms with Crippen LogP contribution in [0.2, 0.25) is 0 Å². The molecule has 1 amide bonds. The SMILES string of the molecule is Cc1nc(-c2c[nH]c(C(=O)NC3CC(N(CC(=O)O)CC4CC4)C3)c2)cs1. The van der Waals surface area contributed by atoms with Gasteiger partial charge in [0.05, 0.1) is 17.2 Å². The molecule has 0 bridgehead atoms. The van der Waals surface area contributed by atoms with E-state index in [0.717, 1.165) is 35.7 Å². The topological polar surface area (TPSA) is 98.3 Å². The molecule has 0 atom stereocenters. The second-order valence-corrected chi connectivity index (χ2v) is 8.68. The van der Waals surface area contributed by atoms with Gasteiger partial charge in [-0.05, 0) is 44.6 Å². The van der Waals surface area contributed by atoms with Crippen LogP contribution in [0.3, 0.4) is 0 Å². The third kappa shape index (κ3) is 4.39. The van der Waals surface area contributed by atoms with Crippen molar-refractivity contribution < 1.29 is 14.7 Å². The van der Waals surface area contributed by atoms with Crippen molar-refractivity contribution in [3.05, 3.63) is 28.3 Å². The molecule has 7 nitrogen and oxygen atoms in total. The zero-order valence-electron chi connectivity index (χ0n) is 15.3. The third-order valence-corrected chi connectivity index (χ3v) is 6.11. The van der Waals surface area contributed by atoms with Crippen LogP contribution in [0.25, 0.3) is 11.3 Å². The molecule has 2 aliphatic rings. The predicted molar refractivity (Wildman–Crippen MR) is 103 cm³/mol. The average molecular weight is 388 g/mol. The van der Waals surface area contributed by atoms with E-state index in [-0.39, 0.29) is 24.5 Å². The van der Waals surface area contributed by atoms with Gasteiger partial charge in [-0.1, -0.05) is 0 Å². The Morgan fingerprint density at radius 2 is 2.19 bits per heavy atom. The van der Waals surface area contributed by atoms with Gasteiger partial charge in [-0.25, -0.2) is 4.98 Å². The molecule has 27 heavy (non-hydrogen) atoms. The van der Waals surface area contributed by atoms with E-state index in [4.69, 9.17) is 5.11 Å². The summed E-state index contributed by atoms with van der Waals surface area (Å²) in [6, 6.07) is 2.18. The Bertz CT molecular complexity index is 836. The van der Waals surface area contributed by atoms with E-state index in [9.17, 15) is 9.59 Å². The van der Waals surface area contributed by atoms with Crippen LogP contribution in [-0.4, -0.2) is 57.0 Å². The fraction of sp³-hybridized carbons (Fsp3) is 0.526. The maximum Gasteiger partial charge on any atom is 0.317 e. The molecule has 0 aliphatic heterocycles. The highest BCUT2D eigenvalue weighted by Crippen LogP contribution is 2.34. The van der Waals surface area contributed by atoms with E-state index < -0.39 is 5.97 Å². The lowest BCUT2D eigenvalue weighted by Crippen LogP contribution is -2.55. The Labute approximate surface area is 161 Å². The van der Waals surface area contributed by atoms with Crippen LogP contribution in [0, 0.1) is 12.8 Å². The normalized spacial score (nSPS) is 21.9. The van der Waals surface area contributed by atoms with E-state index in [1.54, 1.807) is 17.5 Å². The van der Waals surface area contributed by atoms with E-state index in [1.165, 1.54) is 12.8 Å². The quantitative estimate of drug-likeness (QED) is 0.645. The van der Waals surface area contributed by atoms with E-state index >= 15 is 0 Å². The average Bonchev–Trinajstić information content (AvgIpc) is 3.07. The minimum absolute atomic E-state index is 0.0921. The van der Waals surface area contributed by atoms with Gasteiger partial charge in [0.25, 0.3) is 5.91 Å². The molecule has 0 aromatic carbocycles. The second-order valence-electron chi connectivity index (χ2n) is 7.62. The number of aromatic nitrogens is 2. The van der Waals surface area contributed by atoms with Gasteiger partial charge in [0.15, 0.2) is 0 Å². The summed E-state index contributed by atoms with van der Waals surface area (Å²) in [6.07, 6.45) is 5.83. The van der Waals surface area contributed by atoms with Crippen molar-refractivity contribution in [2.24, 2.45) is 5.92 Å². The zero-order valence-corrected chi connectivity index (χ0v) is 16.1. The van der Waals surface area contributed by atoms with E-state index in [2.05, 4.69) is 20.2 Å². The standard InChI is InChI=1S/C19H24N4O3S/c1-11-21-17(10-27-11)13-4-16(20-7-13)19(26)22-14-5-15(6-14)23(9-18(24)25)8-12-2-3-12/h4,7,10,12,14-15,20H,2-3,5-6,8-9H2,1H3,(H,22,26)(H,24,25).